The van der Waals surface area contributed by atoms with Crippen molar-refractivity contribution in [3.63, 3.8) is 0 Å². The van der Waals surface area contributed by atoms with E-state index in [0.717, 1.165) is 50.1 Å². The number of ether oxygens (including phenoxy) is 2. The third-order valence-corrected chi connectivity index (χ3v) is 10.0. The number of fused-ring (bicyclic) bond motifs is 1. The Bertz CT molecular complexity index is 1860. The Morgan fingerprint density at radius 2 is 1.57 bits per heavy atom. The number of methoxy groups -OCH3 is 1. The normalized spacial score (nSPS) is 18.1. The molecule has 51 heavy (non-hydrogen) atoms. The van der Waals surface area contributed by atoms with Gasteiger partial charge < -0.3 is 24.8 Å². The van der Waals surface area contributed by atoms with Crippen molar-refractivity contribution < 1.29 is 23.4 Å². The van der Waals surface area contributed by atoms with Crippen LogP contribution in [0.5, 0.6) is 5.75 Å². The Balaban J connectivity index is 1.08. The first-order valence-corrected chi connectivity index (χ1v) is 17.7. The third kappa shape index (κ3) is 8.30. The number of para-hydroxylation sites is 2. The van der Waals surface area contributed by atoms with Gasteiger partial charge in [0.25, 0.3) is 6.43 Å². The maximum absolute atomic E-state index is 14.3. The number of nitrogens with one attached hydrogen (secondary N) is 1. The first-order chi connectivity index (χ1) is 25.0. The largest absolute Gasteiger partial charge is 0.497 e. The van der Waals surface area contributed by atoms with Crippen molar-refractivity contribution in [3.05, 3.63) is 101 Å². The number of aliphatic hydroxyl groups excluding tert-OH is 1. The molecule has 0 amide bonds. The molecular weight excluding hydrogens is 652 g/mol. The summed E-state index contributed by atoms with van der Waals surface area (Å²) < 4.78 is 41.1. The Hall–Kier alpha value is -4.65. The Morgan fingerprint density at radius 1 is 0.863 bits per heavy atom. The smallest absolute Gasteiger partial charge is 0.296 e. The van der Waals surface area contributed by atoms with Gasteiger partial charge in [0, 0.05) is 44.8 Å². The van der Waals surface area contributed by atoms with E-state index in [4.69, 9.17) is 19.4 Å². The van der Waals surface area contributed by atoms with Crippen molar-refractivity contribution in [2.45, 2.75) is 57.8 Å². The van der Waals surface area contributed by atoms with Crippen LogP contribution in [0.25, 0.3) is 16.9 Å². The van der Waals surface area contributed by atoms with E-state index < -0.39 is 6.43 Å². The number of aliphatic hydroxyl groups is 1. The van der Waals surface area contributed by atoms with Gasteiger partial charge in [0.15, 0.2) is 5.82 Å². The zero-order valence-electron chi connectivity index (χ0n) is 28.9. The monoisotopic (exact) mass is 697 g/mol. The lowest BCUT2D eigenvalue weighted by atomic mass is 9.85. The number of aromatic nitrogens is 4. The number of alkyl halides is 2. The number of hydrogen-bond acceptors (Lipinski definition) is 9. The fourth-order valence-corrected chi connectivity index (χ4v) is 7.33. The Labute approximate surface area is 297 Å². The molecule has 1 saturated heterocycles. The third-order valence-electron chi connectivity index (χ3n) is 10.0. The molecule has 10 nitrogen and oxygen atoms in total. The van der Waals surface area contributed by atoms with E-state index in [1.54, 1.807) is 31.4 Å². The summed E-state index contributed by atoms with van der Waals surface area (Å²) >= 11 is 0. The summed E-state index contributed by atoms with van der Waals surface area (Å²) in [4.78, 5) is 18.6. The van der Waals surface area contributed by atoms with Crippen LogP contribution in [0.15, 0.2) is 78.9 Å². The van der Waals surface area contributed by atoms with E-state index >= 15 is 0 Å². The molecule has 7 rings (SSSR count). The van der Waals surface area contributed by atoms with E-state index in [9.17, 15) is 13.9 Å². The summed E-state index contributed by atoms with van der Waals surface area (Å²) in [6.45, 7) is 4.74. The number of rotatable bonds is 13. The second-order valence-corrected chi connectivity index (χ2v) is 13.4. The van der Waals surface area contributed by atoms with Crippen molar-refractivity contribution >= 4 is 22.8 Å². The Morgan fingerprint density at radius 3 is 2.31 bits per heavy atom. The van der Waals surface area contributed by atoms with E-state index in [1.807, 2.05) is 30.3 Å². The molecule has 0 spiro atoms. The van der Waals surface area contributed by atoms with Gasteiger partial charge in [-0.1, -0.05) is 48.5 Å². The molecule has 3 aromatic carbocycles. The molecule has 2 aliphatic rings. The SMILES string of the molecule is COc1cccc(CN(Cc2cccc(CO)c2)[C@H]2CC[C@H](CNc3nc(N4CCOCC4)cc(-n4c(C(F)F)nc5ccccc54)n3)CC2)c1. The molecule has 3 heterocycles. The molecule has 5 aromatic rings. The van der Waals surface area contributed by atoms with Gasteiger partial charge in [-0.2, -0.15) is 9.97 Å². The summed E-state index contributed by atoms with van der Waals surface area (Å²) in [6, 6.07) is 25.7. The van der Waals surface area contributed by atoms with Gasteiger partial charge >= 0.3 is 0 Å². The predicted octanol–water partition coefficient (Wildman–Crippen LogP) is 6.76. The molecular formula is C39H45F2N7O3. The summed E-state index contributed by atoms with van der Waals surface area (Å²) in [6.07, 6.45) is 1.36. The lowest BCUT2D eigenvalue weighted by Crippen LogP contribution is -2.38. The summed E-state index contributed by atoms with van der Waals surface area (Å²) in [5.74, 6) is 2.36. The van der Waals surface area contributed by atoms with E-state index in [2.05, 4.69) is 44.4 Å². The lowest BCUT2D eigenvalue weighted by Gasteiger charge is -2.37. The van der Waals surface area contributed by atoms with Gasteiger partial charge in [-0.3, -0.25) is 9.47 Å². The van der Waals surface area contributed by atoms with Crippen LogP contribution >= 0.6 is 0 Å². The van der Waals surface area contributed by atoms with E-state index in [0.29, 0.717) is 73.4 Å². The van der Waals surface area contributed by atoms with Gasteiger partial charge in [-0.25, -0.2) is 13.8 Å². The summed E-state index contributed by atoms with van der Waals surface area (Å²) in [5.41, 5.74) is 4.36. The van der Waals surface area contributed by atoms with Gasteiger partial charge in [-0.15, -0.1) is 0 Å². The zero-order chi connectivity index (χ0) is 35.2. The minimum Gasteiger partial charge on any atom is -0.497 e. The van der Waals surface area contributed by atoms with E-state index in [-0.39, 0.29) is 12.4 Å². The summed E-state index contributed by atoms with van der Waals surface area (Å²) in [7, 11) is 1.69. The molecule has 2 N–H and O–H groups in total. The highest BCUT2D eigenvalue weighted by atomic mass is 19.3. The fraction of sp³-hybridized carbons (Fsp3) is 0.410. The number of halogens is 2. The van der Waals surface area contributed by atoms with Crippen LogP contribution < -0.4 is 15.0 Å². The van der Waals surface area contributed by atoms with Crippen LogP contribution in [-0.2, 0) is 24.4 Å². The number of imidazole rings is 1. The molecule has 0 unspecified atom stereocenters. The van der Waals surface area contributed by atoms with Crippen molar-refractivity contribution in [3.8, 4) is 11.6 Å². The second-order valence-electron chi connectivity index (χ2n) is 13.4. The maximum Gasteiger partial charge on any atom is 0.296 e. The van der Waals surface area contributed by atoms with Gasteiger partial charge in [0.1, 0.15) is 17.4 Å². The van der Waals surface area contributed by atoms with Crippen molar-refractivity contribution in [2.24, 2.45) is 5.92 Å². The average molecular weight is 698 g/mol. The van der Waals surface area contributed by atoms with Crippen molar-refractivity contribution in [1.82, 2.24) is 24.4 Å². The van der Waals surface area contributed by atoms with Gasteiger partial charge in [-0.05, 0) is 72.6 Å². The topological polar surface area (TPSA) is 101 Å². The fourth-order valence-electron chi connectivity index (χ4n) is 7.33. The van der Waals surface area contributed by atoms with Crippen LogP contribution in [0.2, 0.25) is 0 Å². The number of nitrogens with zero attached hydrogens (tertiary/aromatic N) is 6. The van der Waals surface area contributed by atoms with Crippen molar-refractivity contribution in [2.75, 3.05) is 50.2 Å². The highest BCUT2D eigenvalue weighted by Crippen LogP contribution is 2.32. The number of benzene rings is 3. The molecule has 268 valence electrons. The second kappa shape index (κ2) is 16.1. The number of anilines is 2. The summed E-state index contributed by atoms with van der Waals surface area (Å²) in [5, 5.41) is 13.2. The lowest BCUT2D eigenvalue weighted by molar-refractivity contribution is 0.122. The minimum absolute atomic E-state index is 0.0225. The minimum atomic E-state index is -2.77. The molecule has 2 fully saturated rings. The van der Waals surface area contributed by atoms with Crippen LogP contribution in [0.3, 0.4) is 0 Å². The van der Waals surface area contributed by atoms with Crippen LogP contribution in [-0.4, -0.2) is 75.5 Å². The van der Waals surface area contributed by atoms with Crippen LogP contribution in [0, 0.1) is 5.92 Å². The maximum atomic E-state index is 14.3. The average Bonchev–Trinajstić information content (AvgIpc) is 3.58. The van der Waals surface area contributed by atoms with Crippen molar-refractivity contribution in [1.29, 1.82) is 0 Å². The Kier molecular flexibility index (Phi) is 11.0. The highest BCUT2D eigenvalue weighted by molar-refractivity contribution is 5.78. The number of hydrogen-bond donors (Lipinski definition) is 2. The highest BCUT2D eigenvalue weighted by Gasteiger charge is 2.28. The molecule has 12 heteroatoms. The zero-order valence-corrected chi connectivity index (χ0v) is 28.9. The molecule has 1 saturated carbocycles. The molecule has 0 bridgehead atoms. The molecule has 0 radical (unpaired) electrons. The quantitative estimate of drug-likeness (QED) is 0.138. The molecule has 1 aliphatic carbocycles. The first-order valence-electron chi connectivity index (χ1n) is 17.7. The van der Waals surface area contributed by atoms with Crippen LogP contribution in [0.4, 0.5) is 20.5 Å². The molecule has 0 atom stereocenters. The number of morpholine rings is 1. The van der Waals surface area contributed by atoms with Gasteiger partial charge in [0.05, 0.1) is 38.0 Å². The van der Waals surface area contributed by atoms with Crippen LogP contribution in [0.1, 0.15) is 54.6 Å². The predicted molar refractivity (Wildman–Crippen MR) is 193 cm³/mol. The first kappa shape index (κ1) is 34.8. The van der Waals surface area contributed by atoms with Gasteiger partial charge in [0.2, 0.25) is 5.95 Å². The standard InChI is InChI=1S/C39H45F2N7O3/c1-50-32-9-5-7-29(21-32)25-47(24-28-6-4-8-30(20-28)26-49)31-14-12-27(13-15-31)23-42-39-44-35(46-16-18-51-19-17-46)22-36(45-39)48-34-11-3-2-10-33(34)43-38(48)37(40)41/h2-11,20-22,27,31,37,49H,12-19,23-26H2,1H3,(H,42,44,45)/t27-,31-. The molecule has 1 aliphatic heterocycles. The molecule has 2 aromatic heterocycles. The van der Waals surface area contributed by atoms with E-state index in [1.165, 1.54) is 15.7 Å².